The van der Waals surface area contributed by atoms with E-state index in [1.807, 2.05) is 0 Å². The average molecular weight is 240 g/mol. The molecule has 0 spiro atoms. The maximum absolute atomic E-state index is 10.9. The number of anilines is 1. The van der Waals surface area contributed by atoms with Gasteiger partial charge in [-0.15, -0.1) is 0 Å². The number of aromatic nitrogens is 1. The predicted octanol–water partition coefficient (Wildman–Crippen LogP) is 2.75. The summed E-state index contributed by atoms with van der Waals surface area (Å²) in [5, 5.41) is 13.0. The highest BCUT2D eigenvalue weighted by atomic mass is 32.1. The van der Waals surface area contributed by atoms with Crippen LogP contribution in [0.3, 0.4) is 0 Å². The molecule has 0 aliphatic heterocycles. The molecule has 1 aromatic heterocycles. The first-order valence-electron chi connectivity index (χ1n) is 5.55. The fraction of sp³-hybridized carbons (Fsp3) is 0.636. The third-order valence-electron chi connectivity index (χ3n) is 3.20. The molecular weight excluding hydrogens is 224 g/mol. The highest BCUT2D eigenvalue weighted by Crippen LogP contribution is 2.32. The second-order valence-electron chi connectivity index (χ2n) is 4.36. The van der Waals surface area contributed by atoms with Crippen LogP contribution in [0.2, 0.25) is 0 Å². The summed E-state index contributed by atoms with van der Waals surface area (Å²) in [4.78, 5) is 15.4. The van der Waals surface area contributed by atoms with Gasteiger partial charge in [-0.1, -0.05) is 17.8 Å². The van der Waals surface area contributed by atoms with Crippen molar-refractivity contribution in [2.75, 3.05) is 5.32 Å². The molecule has 0 saturated heterocycles. The standard InChI is InChI=1S/C11H16N2O2S/c1-6(8-4-3-5-8)12-11-13-7(2)9(16-11)10(14)15/h6,8H,3-5H2,1-2H3,(H,12,13)(H,14,15). The van der Waals surface area contributed by atoms with E-state index in [1.54, 1.807) is 6.92 Å². The van der Waals surface area contributed by atoms with Crippen LogP contribution in [-0.2, 0) is 0 Å². The molecule has 0 bridgehead atoms. The van der Waals surface area contributed by atoms with E-state index in [1.165, 1.54) is 30.6 Å². The van der Waals surface area contributed by atoms with Crippen molar-refractivity contribution in [3.8, 4) is 0 Å². The van der Waals surface area contributed by atoms with Gasteiger partial charge in [-0.3, -0.25) is 0 Å². The molecular formula is C11H16N2O2S. The molecule has 0 radical (unpaired) electrons. The highest BCUT2D eigenvalue weighted by molar-refractivity contribution is 7.17. The second kappa shape index (κ2) is 4.41. The lowest BCUT2D eigenvalue weighted by Gasteiger charge is -2.31. The summed E-state index contributed by atoms with van der Waals surface area (Å²) in [5.41, 5.74) is 0.598. The fourth-order valence-corrected chi connectivity index (χ4v) is 2.81. The smallest absolute Gasteiger partial charge is 0.347 e. The first-order chi connectivity index (χ1) is 7.58. The Hall–Kier alpha value is -1.10. The number of carboxylic acids is 1. The van der Waals surface area contributed by atoms with Crippen molar-refractivity contribution in [1.29, 1.82) is 0 Å². The molecule has 1 aromatic rings. The maximum atomic E-state index is 10.9. The summed E-state index contributed by atoms with van der Waals surface area (Å²) in [7, 11) is 0. The van der Waals surface area contributed by atoms with Gasteiger partial charge in [0.25, 0.3) is 0 Å². The topological polar surface area (TPSA) is 62.2 Å². The number of aromatic carboxylic acids is 1. The summed E-state index contributed by atoms with van der Waals surface area (Å²) in [6, 6.07) is 0.390. The molecule has 2 rings (SSSR count). The number of nitrogens with one attached hydrogen (secondary N) is 1. The third-order valence-corrected chi connectivity index (χ3v) is 4.28. The molecule has 1 heterocycles. The molecule has 1 aliphatic rings. The molecule has 2 N–H and O–H groups in total. The SMILES string of the molecule is Cc1nc(NC(C)C2CCC2)sc1C(=O)O. The molecule has 0 amide bonds. The van der Waals surface area contributed by atoms with Crippen molar-refractivity contribution >= 4 is 22.4 Å². The molecule has 4 nitrogen and oxygen atoms in total. The Morgan fingerprint density at radius 3 is 2.75 bits per heavy atom. The Balaban J connectivity index is 2.03. The van der Waals surface area contributed by atoms with Crippen LogP contribution in [0, 0.1) is 12.8 Å². The minimum atomic E-state index is -0.889. The number of aryl methyl sites for hydroxylation is 1. The lowest BCUT2D eigenvalue weighted by atomic mass is 9.80. The highest BCUT2D eigenvalue weighted by Gasteiger charge is 2.25. The largest absolute Gasteiger partial charge is 0.477 e. The van der Waals surface area contributed by atoms with Crippen LogP contribution < -0.4 is 5.32 Å². The summed E-state index contributed by atoms with van der Waals surface area (Å²) in [5.74, 6) is -0.170. The first-order valence-corrected chi connectivity index (χ1v) is 6.37. The number of hydrogen-bond donors (Lipinski definition) is 2. The summed E-state index contributed by atoms with van der Waals surface area (Å²) >= 11 is 1.23. The molecule has 1 unspecified atom stereocenters. The van der Waals surface area contributed by atoms with E-state index in [4.69, 9.17) is 5.11 Å². The third kappa shape index (κ3) is 2.19. The molecule has 16 heavy (non-hydrogen) atoms. The number of hydrogen-bond acceptors (Lipinski definition) is 4. The van der Waals surface area contributed by atoms with E-state index in [2.05, 4.69) is 17.2 Å². The minimum Gasteiger partial charge on any atom is -0.477 e. The Morgan fingerprint density at radius 1 is 1.62 bits per heavy atom. The normalized spacial score (nSPS) is 17.9. The van der Waals surface area contributed by atoms with Gasteiger partial charge in [0.15, 0.2) is 5.13 Å². The number of nitrogens with zero attached hydrogens (tertiary/aromatic N) is 1. The molecule has 1 atom stereocenters. The number of carboxylic acid groups (broad SMARTS) is 1. The monoisotopic (exact) mass is 240 g/mol. The van der Waals surface area contributed by atoms with E-state index in [9.17, 15) is 4.79 Å². The van der Waals surface area contributed by atoms with Crippen molar-refractivity contribution in [2.24, 2.45) is 5.92 Å². The summed E-state index contributed by atoms with van der Waals surface area (Å²) in [6.45, 7) is 3.88. The zero-order valence-corrected chi connectivity index (χ0v) is 10.3. The van der Waals surface area contributed by atoms with E-state index in [0.29, 0.717) is 16.6 Å². The van der Waals surface area contributed by atoms with Crippen molar-refractivity contribution in [1.82, 2.24) is 4.98 Å². The zero-order valence-electron chi connectivity index (χ0n) is 9.49. The Bertz CT molecular complexity index is 399. The van der Waals surface area contributed by atoms with Crippen molar-refractivity contribution < 1.29 is 9.90 Å². The molecule has 1 aliphatic carbocycles. The van der Waals surface area contributed by atoms with E-state index < -0.39 is 5.97 Å². The van der Waals surface area contributed by atoms with Crippen LogP contribution in [0.5, 0.6) is 0 Å². The lowest BCUT2D eigenvalue weighted by Crippen LogP contribution is -2.30. The molecule has 1 fully saturated rings. The van der Waals surface area contributed by atoms with Crippen LogP contribution in [0.4, 0.5) is 5.13 Å². The Morgan fingerprint density at radius 2 is 2.31 bits per heavy atom. The first kappa shape index (κ1) is 11.4. The number of rotatable bonds is 4. The maximum Gasteiger partial charge on any atom is 0.347 e. The van der Waals surface area contributed by atoms with E-state index in [0.717, 1.165) is 11.0 Å². The van der Waals surface area contributed by atoms with Gasteiger partial charge < -0.3 is 10.4 Å². The number of thiazole rings is 1. The quantitative estimate of drug-likeness (QED) is 0.849. The van der Waals surface area contributed by atoms with Gasteiger partial charge in [0.2, 0.25) is 0 Å². The lowest BCUT2D eigenvalue weighted by molar-refractivity contribution is 0.0701. The van der Waals surface area contributed by atoms with Crippen LogP contribution >= 0.6 is 11.3 Å². The van der Waals surface area contributed by atoms with Gasteiger partial charge in [0, 0.05) is 6.04 Å². The van der Waals surface area contributed by atoms with Crippen molar-refractivity contribution in [3.63, 3.8) is 0 Å². The molecule has 1 saturated carbocycles. The van der Waals surface area contributed by atoms with Gasteiger partial charge in [0.1, 0.15) is 4.88 Å². The van der Waals surface area contributed by atoms with Crippen LogP contribution in [0.25, 0.3) is 0 Å². The van der Waals surface area contributed by atoms with Gasteiger partial charge in [-0.25, -0.2) is 9.78 Å². The van der Waals surface area contributed by atoms with Crippen molar-refractivity contribution in [2.45, 2.75) is 39.2 Å². The second-order valence-corrected chi connectivity index (χ2v) is 5.36. The van der Waals surface area contributed by atoms with Gasteiger partial charge >= 0.3 is 5.97 Å². The molecule has 5 heteroatoms. The predicted molar refractivity (Wildman–Crippen MR) is 64.2 cm³/mol. The fourth-order valence-electron chi connectivity index (χ4n) is 1.91. The zero-order chi connectivity index (χ0) is 11.7. The van der Waals surface area contributed by atoms with Gasteiger partial charge in [-0.05, 0) is 32.6 Å². The van der Waals surface area contributed by atoms with Crippen LogP contribution in [0.15, 0.2) is 0 Å². The van der Waals surface area contributed by atoms with E-state index >= 15 is 0 Å². The average Bonchev–Trinajstić information content (AvgIpc) is 2.43. The minimum absolute atomic E-state index is 0.336. The molecule has 88 valence electrons. The molecule has 0 aromatic carbocycles. The van der Waals surface area contributed by atoms with Gasteiger partial charge in [0.05, 0.1) is 5.69 Å². The Kier molecular flexibility index (Phi) is 3.14. The number of carbonyl (C=O) groups is 1. The van der Waals surface area contributed by atoms with Crippen molar-refractivity contribution in [3.05, 3.63) is 10.6 Å². The summed E-state index contributed by atoms with van der Waals surface area (Å²) < 4.78 is 0. The summed E-state index contributed by atoms with van der Waals surface area (Å²) in [6.07, 6.45) is 3.85. The van der Waals surface area contributed by atoms with Crippen LogP contribution in [0.1, 0.15) is 41.6 Å². The van der Waals surface area contributed by atoms with Crippen LogP contribution in [-0.4, -0.2) is 22.1 Å². The Labute approximate surface area is 98.7 Å². The van der Waals surface area contributed by atoms with Gasteiger partial charge in [-0.2, -0.15) is 0 Å². The van der Waals surface area contributed by atoms with E-state index in [-0.39, 0.29) is 0 Å².